The van der Waals surface area contributed by atoms with Crippen molar-refractivity contribution in [2.45, 2.75) is 35.5 Å². The van der Waals surface area contributed by atoms with Crippen molar-refractivity contribution < 1.29 is 22.7 Å². The Morgan fingerprint density at radius 3 is 1.43 bits per heavy atom. The predicted octanol–water partition coefficient (Wildman–Crippen LogP) is 5.35. The van der Waals surface area contributed by atoms with Crippen molar-refractivity contribution in [1.29, 1.82) is 0 Å². The second-order valence-electron chi connectivity index (χ2n) is 9.56. The number of aryl methyl sites for hydroxylation is 2. The lowest BCUT2D eigenvalue weighted by molar-refractivity contribution is 0.0943. The van der Waals surface area contributed by atoms with Crippen molar-refractivity contribution in [1.82, 2.24) is 10.6 Å². The summed E-state index contributed by atoms with van der Waals surface area (Å²) in [7, 11) is -4.25. The summed E-state index contributed by atoms with van der Waals surface area (Å²) >= 11 is 0. The first kappa shape index (κ1) is 27.1. The van der Waals surface area contributed by atoms with E-state index in [1.165, 1.54) is 24.3 Å². The van der Waals surface area contributed by atoms with Crippen LogP contribution in [0.5, 0.6) is 11.5 Å². The first-order chi connectivity index (χ1) is 19.4. The van der Waals surface area contributed by atoms with Gasteiger partial charge < -0.3 is 15.4 Å². The lowest BCUT2D eigenvalue weighted by atomic mass is 10.1. The van der Waals surface area contributed by atoms with Crippen molar-refractivity contribution in [2.75, 3.05) is 13.1 Å². The van der Waals surface area contributed by atoms with Crippen LogP contribution in [0.4, 0.5) is 0 Å². The van der Waals surface area contributed by atoms with E-state index in [9.17, 15) is 18.0 Å². The van der Waals surface area contributed by atoms with Gasteiger partial charge in [-0.1, -0.05) is 72.8 Å². The number of hydrogen-bond donors (Lipinski definition) is 2. The molecule has 4 aromatic carbocycles. The monoisotopic (exact) mass is 554 g/mol. The topological polar surface area (TPSA) is 102 Å². The van der Waals surface area contributed by atoms with Crippen molar-refractivity contribution >= 4 is 21.7 Å². The average Bonchev–Trinajstić information content (AvgIpc) is 2.97. The molecule has 1 aliphatic heterocycles. The SMILES string of the molecule is O=C(NCCCc1ccccc1)c1cccc2c1S(=O)(=O)c1c(cccc1C(=O)NCCCc1ccccc1)O2. The first-order valence-electron chi connectivity index (χ1n) is 13.3. The lowest BCUT2D eigenvalue weighted by Gasteiger charge is -2.24. The van der Waals surface area contributed by atoms with Crippen molar-refractivity contribution in [3.8, 4) is 11.5 Å². The molecule has 5 rings (SSSR count). The zero-order valence-electron chi connectivity index (χ0n) is 21.9. The number of sulfone groups is 1. The number of carbonyl (C=O) groups excluding carboxylic acids is 2. The summed E-state index contributed by atoms with van der Waals surface area (Å²) in [5.74, 6) is -0.901. The number of hydrogen-bond acceptors (Lipinski definition) is 5. The third-order valence-electron chi connectivity index (χ3n) is 6.75. The summed E-state index contributed by atoms with van der Waals surface area (Å²) in [5, 5.41) is 5.66. The zero-order valence-corrected chi connectivity index (χ0v) is 22.7. The third-order valence-corrected chi connectivity index (χ3v) is 8.66. The highest BCUT2D eigenvalue weighted by Gasteiger charge is 2.38. The fourth-order valence-electron chi connectivity index (χ4n) is 4.79. The Bertz CT molecular complexity index is 1510. The molecule has 8 heteroatoms. The fraction of sp³-hybridized carbons (Fsp3) is 0.188. The van der Waals surface area contributed by atoms with Gasteiger partial charge in [0.15, 0.2) is 0 Å². The van der Waals surface area contributed by atoms with Crippen LogP contribution in [0.1, 0.15) is 44.7 Å². The minimum atomic E-state index is -4.25. The molecule has 0 bridgehead atoms. The molecular formula is C32H30N2O5S. The van der Waals surface area contributed by atoms with Gasteiger partial charge in [-0.25, -0.2) is 8.42 Å². The molecule has 0 aromatic heterocycles. The van der Waals surface area contributed by atoms with Gasteiger partial charge in [0.1, 0.15) is 21.3 Å². The summed E-state index contributed by atoms with van der Waals surface area (Å²) in [4.78, 5) is 25.8. The van der Waals surface area contributed by atoms with Crippen LogP contribution < -0.4 is 15.4 Å². The Morgan fingerprint density at radius 1 is 0.575 bits per heavy atom. The molecule has 0 fully saturated rings. The van der Waals surface area contributed by atoms with Crippen LogP contribution in [0, 0.1) is 0 Å². The van der Waals surface area contributed by atoms with Crippen LogP contribution >= 0.6 is 0 Å². The Balaban J connectivity index is 1.31. The molecule has 2 N–H and O–H groups in total. The van der Waals surface area contributed by atoms with Crippen LogP contribution in [0.15, 0.2) is 107 Å². The van der Waals surface area contributed by atoms with E-state index in [1.54, 1.807) is 12.1 Å². The van der Waals surface area contributed by atoms with Gasteiger partial charge in [0.25, 0.3) is 11.8 Å². The van der Waals surface area contributed by atoms with Gasteiger partial charge in [0.05, 0.1) is 11.1 Å². The molecule has 4 aromatic rings. The van der Waals surface area contributed by atoms with E-state index in [4.69, 9.17) is 4.74 Å². The summed E-state index contributed by atoms with van der Waals surface area (Å²) in [6, 6.07) is 29.0. The van der Waals surface area contributed by atoms with Gasteiger partial charge in [-0.15, -0.1) is 0 Å². The van der Waals surface area contributed by atoms with E-state index in [1.807, 2.05) is 60.7 Å². The molecule has 2 amide bonds. The number of fused-ring (bicyclic) bond motifs is 2. The Morgan fingerprint density at radius 2 is 1.00 bits per heavy atom. The molecule has 0 aliphatic carbocycles. The molecule has 0 atom stereocenters. The molecule has 0 unspecified atom stereocenters. The van der Waals surface area contributed by atoms with Crippen LogP contribution in [0.25, 0.3) is 0 Å². The predicted molar refractivity (Wildman–Crippen MR) is 153 cm³/mol. The smallest absolute Gasteiger partial charge is 0.252 e. The van der Waals surface area contributed by atoms with Gasteiger partial charge in [-0.3, -0.25) is 9.59 Å². The van der Waals surface area contributed by atoms with Gasteiger partial charge in [0, 0.05) is 13.1 Å². The third kappa shape index (κ3) is 5.92. The molecule has 1 heterocycles. The van der Waals surface area contributed by atoms with E-state index in [2.05, 4.69) is 10.6 Å². The standard InChI is InChI=1S/C32H30N2O5S/c35-31(33-21-9-15-23-11-3-1-4-12-23)25-17-7-19-27-29(25)40(37,38)30-26(18-8-20-28(30)39-27)32(36)34-22-10-16-24-13-5-2-6-14-24/h1-8,11-14,17-20H,9-10,15-16,21-22H2,(H,33,35)(H,34,36). The average molecular weight is 555 g/mol. The number of rotatable bonds is 10. The van der Waals surface area contributed by atoms with E-state index in [0.29, 0.717) is 25.9 Å². The van der Waals surface area contributed by atoms with Crippen molar-refractivity contribution in [2.24, 2.45) is 0 Å². The van der Waals surface area contributed by atoms with Crippen molar-refractivity contribution in [3.05, 3.63) is 119 Å². The van der Waals surface area contributed by atoms with Crippen molar-refractivity contribution in [3.63, 3.8) is 0 Å². The Kier molecular flexibility index (Phi) is 8.26. The number of ether oxygens (including phenoxy) is 1. The highest BCUT2D eigenvalue weighted by Crippen LogP contribution is 2.45. The molecule has 7 nitrogen and oxygen atoms in total. The quantitative estimate of drug-likeness (QED) is 0.227. The molecule has 0 saturated heterocycles. The van der Waals surface area contributed by atoms with Gasteiger partial charge in [0.2, 0.25) is 9.84 Å². The Labute approximate surface area is 234 Å². The molecule has 40 heavy (non-hydrogen) atoms. The van der Waals surface area contributed by atoms with Gasteiger partial charge in [-0.2, -0.15) is 0 Å². The maximum atomic E-state index is 13.9. The lowest BCUT2D eigenvalue weighted by Crippen LogP contribution is -2.29. The summed E-state index contributed by atoms with van der Waals surface area (Å²) in [6.45, 7) is 0.761. The minimum Gasteiger partial charge on any atom is -0.455 e. The highest BCUT2D eigenvalue weighted by molar-refractivity contribution is 7.92. The van der Waals surface area contributed by atoms with E-state index >= 15 is 0 Å². The Hall–Kier alpha value is -4.43. The second kappa shape index (κ2) is 12.2. The molecule has 1 aliphatic rings. The van der Waals surface area contributed by atoms with E-state index < -0.39 is 21.7 Å². The molecular weight excluding hydrogens is 524 g/mol. The van der Waals surface area contributed by atoms with E-state index in [-0.39, 0.29) is 32.4 Å². The van der Waals surface area contributed by atoms with Crippen LogP contribution in [-0.4, -0.2) is 33.3 Å². The fourth-order valence-corrected chi connectivity index (χ4v) is 6.65. The minimum absolute atomic E-state index is 0.0130. The summed E-state index contributed by atoms with van der Waals surface area (Å²) < 4.78 is 33.8. The van der Waals surface area contributed by atoms with Crippen LogP contribution in [0.2, 0.25) is 0 Å². The molecule has 204 valence electrons. The number of nitrogens with one attached hydrogen (secondary N) is 2. The number of benzene rings is 4. The maximum Gasteiger partial charge on any atom is 0.252 e. The molecule has 0 saturated carbocycles. The van der Waals surface area contributed by atoms with Gasteiger partial charge in [-0.05, 0) is 61.1 Å². The molecule has 0 radical (unpaired) electrons. The summed E-state index contributed by atoms with van der Waals surface area (Å²) in [6.07, 6.45) is 2.97. The molecule has 0 spiro atoms. The zero-order chi connectivity index (χ0) is 28.0. The van der Waals surface area contributed by atoms with Crippen LogP contribution in [-0.2, 0) is 22.7 Å². The number of amides is 2. The number of carbonyl (C=O) groups is 2. The van der Waals surface area contributed by atoms with Gasteiger partial charge >= 0.3 is 0 Å². The maximum absolute atomic E-state index is 13.9. The highest BCUT2D eigenvalue weighted by atomic mass is 32.2. The normalized spacial score (nSPS) is 12.9. The summed E-state index contributed by atoms with van der Waals surface area (Å²) in [5.41, 5.74) is 2.29. The van der Waals surface area contributed by atoms with Crippen LogP contribution in [0.3, 0.4) is 0 Å². The largest absolute Gasteiger partial charge is 0.455 e. The first-order valence-corrected chi connectivity index (χ1v) is 14.8. The second-order valence-corrected chi connectivity index (χ2v) is 11.4. The van der Waals surface area contributed by atoms with E-state index in [0.717, 1.165) is 24.0 Å².